The molecule has 0 N–H and O–H groups in total. The largest absolute Gasteiger partial charge is 0.497 e. The Morgan fingerprint density at radius 1 is 1.09 bits per heavy atom. The molecular formula is C26H23ClN2O3S. The Labute approximate surface area is 201 Å². The number of aliphatic imine (C=N–C) groups is 1. The smallest absolute Gasteiger partial charge is 0.249 e. The predicted molar refractivity (Wildman–Crippen MR) is 133 cm³/mol. The van der Waals surface area contributed by atoms with E-state index in [9.17, 15) is 9.59 Å². The molecule has 0 bridgehead atoms. The van der Waals surface area contributed by atoms with Crippen LogP contribution in [0, 0.1) is 0 Å². The molecule has 2 heterocycles. The van der Waals surface area contributed by atoms with Crippen LogP contribution in [0.15, 0.2) is 53.5 Å². The van der Waals surface area contributed by atoms with Crippen molar-refractivity contribution in [2.24, 2.45) is 4.99 Å². The van der Waals surface area contributed by atoms with E-state index in [1.54, 1.807) is 47.6 Å². The number of hydrogen-bond acceptors (Lipinski definition) is 5. The zero-order chi connectivity index (χ0) is 22.9. The monoisotopic (exact) mass is 478 g/mol. The van der Waals surface area contributed by atoms with Gasteiger partial charge in [0.15, 0.2) is 5.78 Å². The van der Waals surface area contributed by atoms with Gasteiger partial charge in [-0.3, -0.25) is 19.5 Å². The number of anilines is 1. The molecule has 0 spiro atoms. The molecule has 168 valence electrons. The van der Waals surface area contributed by atoms with Crippen LogP contribution >= 0.6 is 22.9 Å². The quantitative estimate of drug-likeness (QED) is 0.464. The molecule has 0 saturated heterocycles. The van der Waals surface area contributed by atoms with E-state index in [1.807, 2.05) is 24.3 Å². The summed E-state index contributed by atoms with van der Waals surface area (Å²) in [5.41, 5.74) is 4.57. The van der Waals surface area contributed by atoms with Crippen LogP contribution in [0.4, 0.5) is 5.00 Å². The summed E-state index contributed by atoms with van der Waals surface area (Å²) in [6, 6.07) is 14.6. The van der Waals surface area contributed by atoms with Crippen molar-refractivity contribution in [2.75, 3.05) is 25.1 Å². The molecule has 5 rings (SSSR count). The van der Waals surface area contributed by atoms with Crippen LogP contribution in [0.25, 0.3) is 0 Å². The van der Waals surface area contributed by atoms with Gasteiger partial charge in [-0.05, 0) is 67.6 Å². The third-order valence-corrected chi connectivity index (χ3v) is 7.71. The third-order valence-electron chi connectivity index (χ3n) is 6.14. The van der Waals surface area contributed by atoms with Gasteiger partial charge in [0.1, 0.15) is 17.3 Å². The van der Waals surface area contributed by atoms with E-state index in [-0.39, 0.29) is 24.8 Å². The Balaban J connectivity index is 1.56. The minimum atomic E-state index is -0.166. The number of aryl methyl sites for hydroxylation is 1. The van der Waals surface area contributed by atoms with Crippen LogP contribution in [-0.2, 0) is 17.6 Å². The number of nitrogens with zero attached hydrogens (tertiary/aromatic N) is 2. The van der Waals surface area contributed by atoms with Gasteiger partial charge in [0, 0.05) is 26.6 Å². The number of ether oxygens (including phenoxy) is 1. The Hall–Kier alpha value is -2.96. The number of fused-ring (bicyclic) bond motifs is 3. The van der Waals surface area contributed by atoms with Gasteiger partial charge in [0.05, 0.1) is 19.4 Å². The van der Waals surface area contributed by atoms with Crippen molar-refractivity contribution in [1.82, 2.24) is 0 Å². The molecule has 1 aromatic heterocycles. The molecule has 0 radical (unpaired) electrons. The van der Waals surface area contributed by atoms with Crippen molar-refractivity contribution >= 4 is 45.3 Å². The molecule has 5 nitrogen and oxygen atoms in total. The molecule has 33 heavy (non-hydrogen) atoms. The fourth-order valence-electron chi connectivity index (χ4n) is 4.43. The molecule has 3 aromatic rings. The summed E-state index contributed by atoms with van der Waals surface area (Å²) in [5.74, 6) is 0.408. The third kappa shape index (κ3) is 4.21. The molecule has 0 fully saturated rings. The highest BCUT2D eigenvalue weighted by atomic mass is 35.5. The van der Waals surface area contributed by atoms with Crippen molar-refractivity contribution in [3.8, 4) is 5.75 Å². The highest BCUT2D eigenvalue weighted by Gasteiger charge is 2.33. The lowest BCUT2D eigenvalue weighted by molar-refractivity contribution is -0.117. The fraction of sp³-hybridized carbons (Fsp3) is 0.269. The fourth-order valence-corrected chi connectivity index (χ4v) is 5.96. The number of carbonyl (C=O) groups excluding carboxylic acids is 2. The number of thiophene rings is 1. The number of amides is 1. The maximum absolute atomic E-state index is 13.2. The summed E-state index contributed by atoms with van der Waals surface area (Å²) in [7, 11) is 1.59. The standard InChI is InChI=1S/C26H23ClN2O3S/c1-32-19-12-8-16(9-13-19)21(30)15-29-23(31)14-28-25(17-6-10-18(27)11-7-17)24-20-4-2-3-5-22(20)33-26(24)29/h6-13H,2-5,14-15H2,1H3. The molecule has 7 heteroatoms. The van der Waals surface area contributed by atoms with Gasteiger partial charge in [-0.2, -0.15) is 0 Å². The number of methoxy groups -OCH3 is 1. The Morgan fingerprint density at radius 3 is 2.55 bits per heavy atom. The summed E-state index contributed by atoms with van der Waals surface area (Å²) in [6.07, 6.45) is 4.21. The van der Waals surface area contributed by atoms with E-state index in [2.05, 4.69) is 0 Å². The zero-order valence-corrected chi connectivity index (χ0v) is 19.8. The van der Waals surface area contributed by atoms with Crippen LogP contribution in [0.2, 0.25) is 5.02 Å². The minimum absolute atomic E-state index is 0.00399. The van der Waals surface area contributed by atoms with Gasteiger partial charge in [-0.25, -0.2) is 0 Å². The Morgan fingerprint density at radius 2 is 1.82 bits per heavy atom. The zero-order valence-electron chi connectivity index (χ0n) is 18.3. The van der Waals surface area contributed by atoms with E-state index < -0.39 is 0 Å². The van der Waals surface area contributed by atoms with E-state index in [0.717, 1.165) is 47.5 Å². The maximum atomic E-state index is 13.2. The second-order valence-electron chi connectivity index (χ2n) is 8.19. The van der Waals surface area contributed by atoms with Gasteiger partial charge in [0.25, 0.3) is 0 Å². The van der Waals surface area contributed by atoms with Crippen molar-refractivity contribution < 1.29 is 14.3 Å². The highest BCUT2D eigenvalue weighted by molar-refractivity contribution is 7.17. The number of benzene rings is 2. The first-order valence-electron chi connectivity index (χ1n) is 11.0. The van der Waals surface area contributed by atoms with Crippen molar-refractivity contribution in [3.05, 3.63) is 80.7 Å². The van der Waals surface area contributed by atoms with Crippen LogP contribution < -0.4 is 9.64 Å². The number of Topliss-reactive ketones (excluding diaryl/α,β-unsaturated/α-hetero) is 1. The van der Waals surface area contributed by atoms with Crippen molar-refractivity contribution in [2.45, 2.75) is 25.7 Å². The molecule has 2 aromatic carbocycles. The van der Waals surface area contributed by atoms with Gasteiger partial charge in [-0.1, -0.05) is 23.7 Å². The first kappa shape index (κ1) is 21.9. The molecular weight excluding hydrogens is 456 g/mol. The molecule has 2 aliphatic rings. The lowest BCUT2D eigenvalue weighted by atomic mass is 9.91. The molecule has 1 aliphatic heterocycles. The number of hydrogen-bond donors (Lipinski definition) is 0. The van der Waals surface area contributed by atoms with Crippen molar-refractivity contribution in [3.63, 3.8) is 0 Å². The second kappa shape index (κ2) is 9.12. The first-order chi connectivity index (χ1) is 16.0. The number of rotatable bonds is 5. The lowest BCUT2D eigenvalue weighted by Gasteiger charge is -2.20. The molecule has 1 aliphatic carbocycles. The highest BCUT2D eigenvalue weighted by Crippen LogP contribution is 2.42. The lowest BCUT2D eigenvalue weighted by Crippen LogP contribution is -2.36. The van der Waals surface area contributed by atoms with Crippen LogP contribution in [0.5, 0.6) is 5.75 Å². The van der Waals surface area contributed by atoms with E-state index in [1.165, 1.54) is 10.4 Å². The Kier molecular flexibility index (Phi) is 6.04. The number of halogens is 1. The molecule has 0 saturated carbocycles. The van der Waals surface area contributed by atoms with Gasteiger partial charge >= 0.3 is 0 Å². The average Bonchev–Trinajstić information content (AvgIpc) is 3.16. The van der Waals surface area contributed by atoms with Gasteiger partial charge in [0.2, 0.25) is 5.91 Å². The van der Waals surface area contributed by atoms with Gasteiger partial charge in [-0.15, -0.1) is 11.3 Å². The summed E-state index contributed by atoms with van der Waals surface area (Å²) in [4.78, 5) is 34.0. The summed E-state index contributed by atoms with van der Waals surface area (Å²) in [6.45, 7) is -0.00893. The Bertz CT molecular complexity index is 1250. The first-order valence-corrected chi connectivity index (χ1v) is 12.2. The van der Waals surface area contributed by atoms with Crippen LogP contribution in [0.3, 0.4) is 0 Å². The number of ketones is 1. The molecule has 1 amide bonds. The van der Waals surface area contributed by atoms with E-state index >= 15 is 0 Å². The van der Waals surface area contributed by atoms with Crippen molar-refractivity contribution in [1.29, 1.82) is 0 Å². The SMILES string of the molecule is COc1ccc(C(=O)CN2C(=O)CN=C(c3ccc(Cl)cc3)c3c2sc2c3CCCC2)cc1. The predicted octanol–water partition coefficient (Wildman–Crippen LogP) is 5.36. The minimum Gasteiger partial charge on any atom is -0.497 e. The maximum Gasteiger partial charge on any atom is 0.249 e. The second-order valence-corrected chi connectivity index (χ2v) is 9.71. The van der Waals surface area contributed by atoms with E-state index in [4.69, 9.17) is 21.3 Å². The topological polar surface area (TPSA) is 59.0 Å². The summed E-state index contributed by atoms with van der Waals surface area (Å²) >= 11 is 7.75. The van der Waals surface area contributed by atoms with E-state index in [0.29, 0.717) is 16.3 Å². The summed E-state index contributed by atoms with van der Waals surface area (Å²) < 4.78 is 5.19. The normalized spacial score (nSPS) is 15.4. The molecule has 0 unspecified atom stereocenters. The average molecular weight is 479 g/mol. The van der Waals surface area contributed by atoms with Crippen LogP contribution in [-0.4, -0.2) is 37.6 Å². The number of carbonyl (C=O) groups is 2. The molecule has 0 atom stereocenters. The summed E-state index contributed by atoms with van der Waals surface area (Å²) in [5, 5.41) is 1.49. The van der Waals surface area contributed by atoms with Gasteiger partial charge < -0.3 is 4.74 Å². The van der Waals surface area contributed by atoms with Crippen LogP contribution in [0.1, 0.15) is 44.8 Å².